The Bertz CT molecular complexity index is 4420. The first-order valence-electron chi connectivity index (χ1n) is 36.2. The standard InChI is InChI=1S/C25H16Br3F.C25H16Cl3F.C25H16ClF3.C25H16FI3/c4*26-21-9-1-17(2-10-21)25(18-3-11-22(27)12-4-18,19-5-13-23(28)14-6-19)20-7-15-24(29)16-8-20/h4*1-16H. The van der Waals surface area contributed by atoms with Crippen LogP contribution in [0, 0.1) is 45.6 Å². The molecule has 0 saturated heterocycles. The quantitative estimate of drug-likeness (QED) is 0.0514. The molecule has 0 spiro atoms. The summed E-state index contributed by atoms with van der Waals surface area (Å²) in [4.78, 5) is 0. The van der Waals surface area contributed by atoms with E-state index in [1.807, 2.05) is 158 Å². The number of hydrogen-bond donors (Lipinski definition) is 0. The summed E-state index contributed by atoms with van der Waals surface area (Å²) in [6.07, 6.45) is 0. The molecular weight excluding hydrogens is 2080 g/mol. The zero-order valence-electron chi connectivity index (χ0n) is 61.0. The Morgan fingerprint density at radius 1 is 0.155 bits per heavy atom. The highest BCUT2D eigenvalue weighted by molar-refractivity contribution is 14.1. The van der Waals surface area contributed by atoms with Gasteiger partial charge < -0.3 is 0 Å². The van der Waals surface area contributed by atoms with Gasteiger partial charge in [-0.05, 0) is 351 Å². The lowest BCUT2D eigenvalue weighted by Gasteiger charge is -2.37. The third kappa shape index (κ3) is 19.0. The van der Waals surface area contributed by atoms with Gasteiger partial charge in [-0.3, -0.25) is 0 Å². The molecule has 16 heteroatoms. The average Bonchev–Trinajstić information content (AvgIpc) is 0.752. The summed E-state index contributed by atoms with van der Waals surface area (Å²) in [5, 5.41) is 2.51. The van der Waals surface area contributed by atoms with E-state index in [2.05, 4.69) is 225 Å². The molecule has 0 N–H and O–H groups in total. The summed E-state index contributed by atoms with van der Waals surface area (Å²) >= 11 is 42.3. The summed E-state index contributed by atoms with van der Waals surface area (Å²) < 4.78 is 89.2. The zero-order valence-corrected chi connectivity index (χ0v) is 75.3. The molecule has 16 rings (SSSR count). The van der Waals surface area contributed by atoms with Gasteiger partial charge in [0, 0.05) is 44.2 Å². The summed E-state index contributed by atoms with van der Waals surface area (Å²) in [6, 6.07) is 120. The first kappa shape index (κ1) is 85.8. The molecule has 16 aromatic carbocycles. The Labute approximate surface area is 757 Å². The van der Waals surface area contributed by atoms with E-state index in [-0.39, 0.29) is 34.9 Å². The van der Waals surface area contributed by atoms with Gasteiger partial charge in [0.1, 0.15) is 34.9 Å². The lowest BCUT2D eigenvalue weighted by Crippen LogP contribution is -2.31. The Morgan fingerprint density at radius 3 is 0.371 bits per heavy atom. The van der Waals surface area contributed by atoms with Crippen molar-refractivity contribution < 1.29 is 26.3 Å². The molecule has 0 atom stereocenters. The molecule has 16 aromatic rings. The number of rotatable bonds is 16. The second-order valence-corrected chi connectivity index (χ2v) is 35.3. The fraction of sp³-hybridized carbons (Fsp3) is 0.0400. The molecule has 0 aliphatic heterocycles. The van der Waals surface area contributed by atoms with Gasteiger partial charge in [0.05, 0.1) is 21.7 Å². The Kier molecular flexibility index (Phi) is 28.6. The maximum Gasteiger partial charge on any atom is 0.123 e. The molecule has 0 bridgehead atoms. The van der Waals surface area contributed by atoms with E-state index in [0.717, 1.165) is 102 Å². The van der Waals surface area contributed by atoms with Crippen molar-refractivity contribution in [2.45, 2.75) is 21.7 Å². The molecule has 0 fully saturated rings. The molecule has 0 aliphatic rings. The first-order valence-corrected chi connectivity index (χ1v) is 43.3. The maximum absolute atomic E-state index is 13.8. The minimum atomic E-state index is -0.917. The van der Waals surface area contributed by atoms with Crippen LogP contribution in [0.4, 0.5) is 26.3 Å². The van der Waals surface area contributed by atoms with E-state index in [1.165, 1.54) is 71.4 Å². The van der Waals surface area contributed by atoms with Crippen LogP contribution in [0.15, 0.2) is 402 Å². The molecule has 0 heterocycles. The highest BCUT2D eigenvalue weighted by Crippen LogP contribution is 2.51. The number of benzene rings is 16. The van der Waals surface area contributed by atoms with E-state index in [0.29, 0.717) is 20.1 Å². The van der Waals surface area contributed by atoms with Gasteiger partial charge >= 0.3 is 0 Å². The van der Waals surface area contributed by atoms with Crippen molar-refractivity contribution in [1.82, 2.24) is 0 Å². The van der Waals surface area contributed by atoms with Gasteiger partial charge in [-0.25, -0.2) is 26.3 Å². The van der Waals surface area contributed by atoms with Crippen LogP contribution in [-0.2, 0) is 21.7 Å². The van der Waals surface area contributed by atoms with Crippen LogP contribution in [0.5, 0.6) is 0 Å². The van der Waals surface area contributed by atoms with E-state index >= 15 is 0 Å². The van der Waals surface area contributed by atoms with Gasteiger partial charge in [0.15, 0.2) is 0 Å². The molecule has 0 nitrogen and oxygen atoms in total. The van der Waals surface area contributed by atoms with E-state index < -0.39 is 21.7 Å². The molecule has 0 aliphatic carbocycles. The first-order chi connectivity index (χ1) is 56.0. The van der Waals surface area contributed by atoms with Crippen molar-refractivity contribution in [1.29, 1.82) is 0 Å². The van der Waals surface area contributed by atoms with Crippen LogP contribution in [0.25, 0.3) is 0 Å². The maximum atomic E-state index is 13.8. The van der Waals surface area contributed by atoms with Gasteiger partial charge in [-0.15, -0.1) is 0 Å². The van der Waals surface area contributed by atoms with Gasteiger partial charge in [0.25, 0.3) is 0 Å². The fourth-order valence-corrected chi connectivity index (χ4v) is 17.6. The Balaban J connectivity index is 0.000000135. The second kappa shape index (κ2) is 38.7. The SMILES string of the molecule is Fc1ccc(C(c2ccc(Br)cc2)(c2ccc(Br)cc2)c2ccc(Br)cc2)cc1.Fc1ccc(C(c2ccc(Cl)cc2)(c2ccc(Cl)cc2)c2ccc(Cl)cc2)cc1.Fc1ccc(C(c2ccc(F)cc2)(c2ccc(F)cc2)c2ccc(Cl)cc2)cc1.Fc1ccc(C(c2ccc(I)cc2)(c2ccc(I)cc2)c2ccc(I)cc2)cc1. The Morgan fingerprint density at radius 2 is 0.250 bits per heavy atom. The fourth-order valence-electron chi connectivity index (χ4n) is 15.2. The summed E-state index contributed by atoms with van der Waals surface area (Å²) in [6.45, 7) is 0. The van der Waals surface area contributed by atoms with E-state index in [1.54, 1.807) is 60.7 Å². The normalized spacial score (nSPS) is 11.4. The average molecular weight is 2140 g/mol. The van der Waals surface area contributed by atoms with Crippen molar-refractivity contribution >= 4 is 162 Å². The summed E-state index contributed by atoms with van der Waals surface area (Å²) in [7, 11) is 0. The molecule has 0 radical (unpaired) electrons. The highest BCUT2D eigenvalue weighted by Gasteiger charge is 2.43. The second-order valence-electron chi connectivity index (χ2n) is 27.1. The summed E-state index contributed by atoms with van der Waals surface area (Å²) in [5.41, 5.74) is 13.2. The third-order valence-electron chi connectivity index (χ3n) is 20.4. The van der Waals surface area contributed by atoms with Crippen LogP contribution < -0.4 is 0 Å². The largest absolute Gasteiger partial charge is 0.207 e. The minimum Gasteiger partial charge on any atom is -0.207 e. The van der Waals surface area contributed by atoms with Crippen LogP contribution in [-0.4, -0.2) is 0 Å². The highest BCUT2D eigenvalue weighted by atomic mass is 127. The molecule has 0 amide bonds. The van der Waals surface area contributed by atoms with Crippen molar-refractivity contribution in [3.63, 3.8) is 0 Å². The van der Waals surface area contributed by atoms with Gasteiger partial charge in [0.2, 0.25) is 0 Å². The molecule has 116 heavy (non-hydrogen) atoms. The Hall–Kier alpha value is -8.11. The van der Waals surface area contributed by atoms with Crippen molar-refractivity contribution in [3.05, 3.63) is 556 Å². The van der Waals surface area contributed by atoms with Gasteiger partial charge in [-0.2, -0.15) is 0 Å². The lowest BCUT2D eigenvalue weighted by molar-refractivity contribution is 0.619. The molecule has 0 unspecified atom stereocenters. The van der Waals surface area contributed by atoms with Crippen LogP contribution in [0.3, 0.4) is 0 Å². The predicted octanol–water partition coefficient (Wildman–Crippen LogP) is 31.8. The zero-order chi connectivity index (χ0) is 81.7. The van der Waals surface area contributed by atoms with Crippen LogP contribution in [0.2, 0.25) is 20.1 Å². The topological polar surface area (TPSA) is 0 Å². The lowest BCUT2D eigenvalue weighted by atomic mass is 9.65. The molecule has 576 valence electrons. The van der Waals surface area contributed by atoms with Crippen molar-refractivity contribution in [2.24, 2.45) is 0 Å². The molecular formula is C100H64Br3Cl4F6I3. The van der Waals surface area contributed by atoms with E-state index in [4.69, 9.17) is 46.4 Å². The summed E-state index contributed by atoms with van der Waals surface area (Å²) in [5.74, 6) is -1.85. The monoisotopic (exact) mass is 2140 g/mol. The molecule has 0 saturated carbocycles. The van der Waals surface area contributed by atoms with Crippen molar-refractivity contribution in [3.8, 4) is 0 Å². The minimum absolute atomic E-state index is 0.226. The molecule has 0 aromatic heterocycles. The number of halogens is 16. The smallest absolute Gasteiger partial charge is 0.123 e. The van der Waals surface area contributed by atoms with Crippen molar-refractivity contribution in [2.75, 3.05) is 0 Å². The van der Waals surface area contributed by atoms with E-state index in [9.17, 15) is 26.3 Å². The van der Waals surface area contributed by atoms with Crippen LogP contribution in [0.1, 0.15) is 89.0 Å². The number of hydrogen-bond acceptors (Lipinski definition) is 0. The third-order valence-corrected chi connectivity index (χ3v) is 25.2. The van der Waals surface area contributed by atoms with Gasteiger partial charge in [-0.1, -0.05) is 288 Å². The van der Waals surface area contributed by atoms with Crippen LogP contribution >= 0.6 is 162 Å². The predicted molar refractivity (Wildman–Crippen MR) is 500 cm³/mol.